The highest BCUT2D eigenvalue weighted by Crippen LogP contribution is 2.39. The van der Waals surface area contributed by atoms with Gasteiger partial charge in [-0.2, -0.15) is 9.40 Å². The van der Waals surface area contributed by atoms with Gasteiger partial charge in [-0.05, 0) is 49.2 Å². The van der Waals surface area contributed by atoms with Crippen molar-refractivity contribution in [2.45, 2.75) is 56.6 Å². The number of piperazine rings is 1. The molecule has 1 aromatic heterocycles. The maximum Gasteiger partial charge on any atom is 0.243 e. The molecule has 31 heavy (non-hydrogen) atoms. The summed E-state index contributed by atoms with van der Waals surface area (Å²) in [7, 11) is -3.46. The smallest absolute Gasteiger partial charge is 0.243 e. The monoisotopic (exact) mass is 461 g/mol. The number of aromatic nitrogens is 3. The van der Waals surface area contributed by atoms with E-state index in [1.807, 2.05) is 22.9 Å². The first-order chi connectivity index (χ1) is 14.9. The second kappa shape index (κ2) is 9.36. The molecule has 0 unspecified atom stereocenters. The third-order valence-electron chi connectivity index (χ3n) is 5.97. The van der Waals surface area contributed by atoms with Crippen LogP contribution in [0.2, 0.25) is 0 Å². The van der Waals surface area contributed by atoms with Crippen molar-refractivity contribution in [1.82, 2.24) is 23.6 Å². The summed E-state index contributed by atoms with van der Waals surface area (Å²) >= 11 is 5.65. The van der Waals surface area contributed by atoms with E-state index in [1.165, 1.54) is 18.4 Å². The van der Waals surface area contributed by atoms with Gasteiger partial charge in [-0.1, -0.05) is 31.6 Å². The second-order valence-electron chi connectivity index (χ2n) is 8.37. The van der Waals surface area contributed by atoms with Gasteiger partial charge in [0.05, 0.1) is 11.6 Å². The van der Waals surface area contributed by atoms with Gasteiger partial charge in [0, 0.05) is 38.6 Å². The summed E-state index contributed by atoms with van der Waals surface area (Å²) in [5.74, 6) is 1.56. The molecular weight excluding hydrogens is 430 g/mol. The fourth-order valence-electron chi connectivity index (χ4n) is 4.06. The minimum Gasteiger partial charge on any atom is -0.300 e. The molecule has 2 heterocycles. The molecule has 0 atom stereocenters. The molecule has 2 aliphatic rings. The number of benzene rings is 1. The first kappa shape index (κ1) is 22.4. The van der Waals surface area contributed by atoms with Gasteiger partial charge >= 0.3 is 0 Å². The molecule has 0 amide bonds. The average Bonchev–Trinajstić information content (AvgIpc) is 3.57. The summed E-state index contributed by atoms with van der Waals surface area (Å²) in [4.78, 5) is 2.59. The van der Waals surface area contributed by atoms with Crippen molar-refractivity contribution in [3.8, 4) is 0 Å². The molecule has 0 bridgehead atoms. The Hall–Kier alpha value is -1.81. The van der Waals surface area contributed by atoms with Gasteiger partial charge in [0.15, 0.2) is 4.77 Å². The molecule has 1 aliphatic heterocycles. The predicted molar refractivity (Wildman–Crippen MR) is 124 cm³/mol. The fourth-order valence-corrected chi connectivity index (χ4v) is 5.75. The zero-order valence-corrected chi connectivity index (χ0v) is 19.7. The first-order valence-corrected chi connectivity index (χ1v) is 12.9. The van der Waals surface area contributed by atoms with Crippen LogP contribution in [0.4, 0.5) is 0 Å². The van der Waals surface area contributed by atoms with Gasteiger partial charge in [-0.15, -0.1) is 6.58 Å². The number of allylic oxidation sites excluding steroid dienone is 1. The summed E-state index contributed by atoms with van der Waals surface area (Å²) in [6.45, 7) is 9.46. The quantitative estimate of drug-likeness (QED) is 0.423. The lowest BCUT2D eigenvalue weighted by molar-refractivity contribution is 0.144. The van der Waals surface area contributed by atoms with Crippen LogP contribution in [0.25, 0.3) is 0 Å². The van der Waals surface area contributed by atoms with Crippen LogP contribution in [0.15, 0.2) is 41.8 Å². The maximum atomic E-state index is 13.0. The maximum absolute atomic E-state index is 13.0. The van der Waals surface area contributed by atoms with Gasteiger partial charge in [0.2, 0.25) is 10.0 Å². The summed E-state index contributed by atoms with van der Waals surface area (Å²) in [5, 5.41) is 4.78. The van der Waals surface area contributed by atoms with Crippen molar-refractivity contribution in [3.63, 3.8) is 0 Å². The molecule has 9 heteroatoms. The highest BCUT2D eigenvalue weighted by molar-refractivity contribution is 7.89. The molecule has 0 radical (unpaired) electrons. The van der Waals surface area contributed by atoms with Crippen LogP contribution in [0.1, 0.15) is 43.5 Å². The van der Waals surface area contributed by atoms with Crippen LogP contribution in [-0.2, 0) is 29.7 Å². The van der Waals surface area contributed by atoms with E-state index in [0.717, 1.165) is 18.7 Å². The lowest BCUT2D eigenvalue weighted by Gasteiger charge is -2.33. The molecule has 1 aliphatic carbocycles. The Morgan fingerprint density at radius 3 is 2.42 bits per heavy atom. The van der Waals surface area contributed by atoms with E-state index in [9.17, 15) is 8.42 Å². The second-order valence-corrected chi connectivity index (χ2v) is 10.7. The van der Waals surface area contributed by atoms with Crippen LogP contribution >= 0.6 is 12.2 Å². The molecule has 168 valence electrons. The van der Waals surface area contributed by atoms with Crippen molar-refractivity contribution in [2.24, 2.45) is 0 Å². The summed E-state index contributed by atoms with van der Waals surface area (Å²) < 4.78 is 32.3. The summed E-state index contributed by atoms with van der Waals surface area (Å²) in [6.07, 6.45) is 6.20. The Morgan fingerprint density at radius 1 is 1.16 bits per heavy atom. The Balaban J connectivity index is 1.40. The van der Waals surface area contributed by atoms with Crippen LogP contribution in [0.5, 0.6) is 0 Å². The molecule has 0 N–H and O–H groups in total. The third-order valence-corrected chi connectivity index (χ3v) is 8.31. The number of hydrogen-bond donors (Lipinski definition) is 0. The topological polar surface area (TPSA) is 63.4 Å². The zero-order valence-electron chi connectivity index (χ0n) is 18.1. The van der Waals surface area contributed by atoms with Crippen LogP contribution < -0.4 is 0 Å². The van der Waals surface area contributed by atoms with E-state index in [-0.39, 0.29) is 0 Å². The van der Waals surface area contributed by atoms with E-state index in [4.69, 9.17) is 17.3 Å². The average molecular weight is 462 g/mol. The number of hydrogen-bond acceptors (Lipinski definition) is 5. The SMILES string of the molecule is C=CCn1c(C2CC2)nn(CN2CCN(S(=O)(=O)c3ccc(CCC)cc3)CC2)c1=S. The van der Waals surface area contributed by atoms with Crippen LogP contribution in [0.3, 0.4) is 0 Å². The largest absolute Gasteiger partial charge is 0.300 e. The number of aryl methyl sites for hydroxylation is 1. The number of nitrogens with zero attached hydrogens (tertiary/aromatic N) is 5. The van der Waals surface area contributed by atoms with Crippen molar-refractivity contribution >= 4 is 22.2 Å². The standard InChI is InChI=1S/C22H31N5O2S2/c1-3-5-18-6-10-20(11-7-18)31(28,29)25-15-13-24(14-16-25)17-27-22(30)26(12-4-2)21(23-27)19-8-9-19/h4,6-7,10-11,19H,2-3,5,8-9,12-17H2,1H3. The number of rotatable bonds is 9. The van der Waals surface area contributed by atoms with Crippen molar-refractivity contribution < 1.29 is 8.42 Å². The van der Waals surface area contributed by atoms with Crippen molar-refractivity contribution in [3.05, 3.63) is 53.1 Å². The van der Waals surface area contributed by atoms with Gasteiger partial charge in [0.1, 0.15) is 5.82 Å². The molecule has 1 saturated heterocycles. The fraction of sp³-hybridized carbons (Fsp3) is 0.545. The minimum atomic E-state index is -3.46. The lowest BCUT2D eigenvalue weighted by atomic mass is 10.1. The summed E-state index contributed by atoms with van der Waals surface area (Å²) in [6, 6.07) is 7.31. The molecular formula is C22H31N5O2S2. The molecule has 7 nitrogen and oxygen atoms in total. The molecule has 2 fully saturated rings. The highest BCUT2D eigenvalue weighted by atomic mass is 32.2. The number of sulfonamides is 1. The molecule has 1 aromatic carbocycles. The van der Waals surface area contributed by atoms with E-state index in [0.29, 0.717) is 55.0 Å². The van der Waals surface area contributed by atoms with E-state index >= 15 is 0 Å². The van der Waals surface area contributed by atoms with Crippen LogP contribution in [-0.4, -0.2) is 58.1 Å². The van der Waals surface area contributed by atoms with E-state index < -0.39 is 10.0 Å². The minimum absolute atomic E-state index is 0.375. The highest BCUT2D eigenvalue weighted by Gasteiger charge is 2.31. The lowest BCUT2D eigenvalue weighted by Crippen LogP contribution is -2.48. The van der Waals surface area contributed by atoms with Gasteiger partial charge in [0.25, 0.3) is 0 Å². The Bertz CT molecular complexity index is 1080. The Morgan fingerprint density at radius 2 is 1.84 bits per heavy atom. The van der Waals surface area contributed by atoms with Gasteiger partial charge < -0.3 is 0 Å². The van der Waals surface area contributed by atoms with E-state index in [1.54, 1.807) is 16.4 Å². The van der Waals surface area contributed by atoms with Crippen molar-refractivity contribution in [2.75, 3.05) is 26.2 Å². The predicted octanol–water partition coefficient (Wildman–Crippen LogP) is 3.39. The molecule has 0 spiro atoms. The normalized spacial score (nSPS) is 18.4. The van der Waals surface area contributed by atoms with E-state index in [2.05, 4.69) is 23.0 Å². The van der Waals surface area contributed by atoms with Crippen molar-refractivity contribution in [1.29, 1.82) is 0 Å². The Kier molecular flexibility index (Phi) is 6.76. The first-order valence-electron chi connectivity index (χ1n) is 11.0. The third kappa shape index (κ3) is 4.84. The van der Waals surface area contributed by atoms with Crippen LogP contribution in [0, 0.1) is 4.77 Å². The summed E-state index contributed by atoms with van der Waals surface area (Å²) in [5.41, 5.74) is 1.17. The zero-order chi connectivity index (χ0) is 22.0. The Labute approximate surface area is 190 Å². The van der Waals surface area contributed by atoms with Gasteiger partial charge in [-0.3, -0.25) is 9.47 Å². The molecule has 1 saturated carbocycles. The molecule has 4 rings (SSSR count). The van der Waals surface area contributed by atoms with Gasteiger partial charge in [-0.25, -0.2) is 13.1 Å². The molecule has 2 aromatic rings.